The number of H-pyrrole nitrogens is 1. The van der Waals surface area contributed by atoms with Gasteiger partial charge in [0.25, 0.3) is 17.4 Å². The smallest absolute Gasteiger partial charge is 0.295 e. The molecule has 186 valence electrons. The highest BCUT2D eigenvalue weighted by molar-refractivity contribution is 6.46. The number of methoxy groups -OCH3 is 1. The van der Waals surface area contributed by atoms with Gasteiger partial charge in [0, 0.05) is 35.3 Å². The first-order chi connectivity index (χ1) is 17.9. The molecular weight excluding hydrogens is 474 g/mol. The number of carbonyl (C=O) groups is 2. The number of fused-ring (bicyclic) bond motifs is 1. The number of para-hydroxylation sites is 1. The van der Waals surface area contributed by atoms with Crippen molar-refractivity contribution in [1.82, 2.24) is 9.88 Å². The van der Waals surface area contributed by atoms with E-state index in [1.807, 2.05) is 24.4 Å². The minimum Gasteiger partial charge on any atom is -0.507 e. The standard InChI is InChI=1S/C28H23N3O6/c1-37-19-11-12-22-21(15-19)18(16-29-22)13-14-30-25(20-9-5-6-10-23(20)31(35)36)24(27(33)28(30)34)26(32)17-7-3-2-4-8-17/h2-12,15-16,25,29,32H,13-14H2,1H3/t25-/m0/s1. The summed E-state index contributed by atoms with van der Waals surface area (Å²) in [6.45, 7) is 0.0943. The molecule has 5 rings (SSSR count). The van der Waals surface area contributed by atoms with Gasteiger partial charge in [0.1, 0.15) is 11.5 Å². The second-order valence-corrected chi connectivity index (χ2v) is 8.65. The largest absolute Gasteiger partial charge is 0.507 e. The molecule has 0 unspecified atom stereocenters. The molecule has 1 aliphatic rings. The number of nitro benzene ring substituents is 1. The summed E-state index contributed by atoms with van der Waals surface area (Å²) < 4.78 is 5.33. The van der Waals surface area contributed by atoms with Crippen LogP contribution in [0.25, 0.3) is 16.7 Å². The number of aromatic nitrogens is 1. The van der Waals surface area contributed by atoms with E-state index in [1.165, 1.54) is 23.1 Å². The Morgan fingerprint density at radius 1 is 1.08 bits per heavy atom. The maximum absolute atomic E-state index is 13.3. The van der Waals surface area contributed by atoms with Gasteiger partial charge in [0.15, 0.2) is 0 Å². The van der Waals surface area contributed by atoms with E-state index >= 15 is 0 Å². The highest BCUT2D eigenvalue weighted by atomic mass is 16.6. The summed E-state index contributed by atoms with van der Waals surface area (Å²) in [7, 11) is 1.58. The average Bonchev–Trinajstić information content (AvgIpc) is 3.44. The van der Waals surface area contributed by atoms with Gasteiger partial charge in [0.2, 0.25) is 0 Å². The predicted octanol–water partition coefficient (Wildman–Crippen LogP) is 4.75. The zero-order valence-corrected chi connectivity index (χ0v) is 19.9. The summed E-state index contributed by atoms with van der Waals surface area (Å²) in [5, 5.41) is 23.9. The third-order valence-corrected chi connectivity index (χ3v) is 6.61. The van der Waals surface area contributed by atoms with E-state index in [0.717, 1.165) is 16.5 Å². The fourth-order valence-electron chi connectivity index (χ4n) is 4.80. The van der Waals surface area contributed by atoms with Gasteiger partial charge in [-0.25, -0.2) is 0 Å². The molecule has 3 aromatic carbocycles. The molecule has 2 heterocycles. The number of Topliss-reactive ketones (excluding diaryl/α,β-unsaturated/α-hetero) is 1. The van der Waals surface area contributed by atoms with Gasteiger partial charge < -0.3 is 19.7 Å². The predicted molar refractivity (Wildman–Crippen MR) is 137 cm³/mol. The molecule has 37 heavy (non-hydrogen) atoms. The Labute approximate surface area is 211 Å². The Hall–Kier alpha value is -4.92. The molecule has 9 nitrogen and oxygen atoms in total. The topological polar surface area (TPSA) is 126 Å². The summed E-state index contributed by atoms with van der Waals surface area (Å²) >= 11 is 0. The Bertz CT molecular complexity index is 1560. The first-order valence-corrected chi connectivity index (χ1v) is 11.6. The number of nitro groups is 1. The van der Waals surface area contributed by atoms with Crippen LogP contribution in [-0.4, -0.2) is 45.3 Å². The van der Waals surface area contributed by atoms with Crippen molar-refractivity contribution in [2.75, 3.05) is 13.7 Å². The monoisotopic (exact) mass is 497 g/mol. The number of hydrogen-bond donors (Lipinski definition) is 2. The van der Waals surface area contributed by atoms with Crippen molar-refractivity contribution in [2.24, 2.45) is 0 Å². The number of nitrogens with one attached hydrogen (secondary N) is 1. The van der Waals surface area contributed by atoms with Gasteiger partial charge in [-0.15, -0.1) is 0 Å². The lowest BCUT2D eigenvalue weighted by molar-refractivity contribution is -0.385. The fraction of sp³-hybridized carbons (Fsp3) is 0.143. The highest BCUT2D eigenvalue weighted by Crippen LogP contribution is 2.42. The van der Waals surface area contributed by atoms with E-state index in [2.05, 4.69) is 4.98 Å². The molecule has 4 aromatic rings. The molecule has 1 atom stereocenters. The first-order valence-electron chi connectivity index (χ1n) is 11.6. The number of hydrogen-bond acceptors (Lipinski definition) is 6. The number of benzene rings is 3. The molecule has 0 saturated carbocycles. The van der Waals surface area contributed by atoms with Crippen molar-refractivity contribution in [1.29, 1.82) is 0 Å². The lowest BCUT2D eigenvalue weighted by Crippen LogP contribution is -2.32. The summed E-state index contributed by atoms with van der Waals surface area (Å²) in [5.74, 6) is -1.40. The Balaban J connectivity index is 1.60. The van der Waals surface area contributed by atoms with Gasteiger partial charge >= 0.3 is 0 Å². The third-order valence-electron chi connectivity index (χ3n) is 6.61. The van der Waals surface area contributed by atoms with Crippen LogP contribution in [0, 0.1) is 10.1 Å². The van der Waals surface area contributed by atoms with Gasteiger partial charge in [0.05, 0.1) is 29.2 Å². The molecule has 0 bridgehead atoms. The van der Waals surface area contributed by atoms with E-state index in [1.54, 1.807) is 43.5 Å². The number of nitrogens with zero attached hydrogens (tertiary/aromatic N) is 2. The second kappa shape index (κ2) is 9.62. The molecule has 0 aliphatic carbocycles. The number of carbonyl (C=O) groups excluding carboxylic acids is 2. The second-order valence-electron chi connectivity index (χ2n) is 8.65. The van der Waals surface area contributed by atoms with Crippen molar-refractivity contribution in [3.63, 3.8) is 0 Å². The number of rotatable bonds is 7. The number of amides is 1. The quantitative estimate of drug-likeness (QED) is 0.125. The van der Waals surface area contributed by atoms with Crippen LogP contribution in [0.4, 0.5) is 5.69 Å². The number of likely N-dealkylation sites (tertiary alicyclic amines) is 1. The van der Waals surface area contributed by atoms with E-state index in [0.29, 0.717) is 17.7 Å². The maximum atomic E-state index is 13.3. The van der Waals surface area contributed by atoms with E-state index < -0.39 is 22.7 Å². The SMILES string of the molecule is COc1ccc2[nH]cc(CCN3C(=O)C(=O)C(=C(O)c4ccccc4)[C@@H]3c3ccccc3[N+](=O)[O-])c2c1. The number of aliphatic hydroxyl groups excluding tert-OH is 1. The van der Waals surface area contributed by atoms with Crippen LogP contribution >= 0.6 is 0 Å². The normalized spacial score (nSPS) is 16.9. The van der Waals surface area contributed by atoms with Crippen LogP contribution in [0.5, 0.6) is 5.75 Å². The Kier molecular flexibility index (Phi) is 6.19. The molecule has 1 amide bonds. The molecule has 2 N–H and O–H groups in total. The average molecular weight is 498 g/mol. The van der Waals surface area contributed by atoms with Crippen LogP contribution in [-0.2, 0) is 16.0 Å². The van der Waals surface area contributed by atoms with Gasteiger partial charge in [-0.3, -0.25) is 19.7 Å². The lowest BCUT2D eigenvalue weighted by Gasteiger charge is -2.25. The van der Waals surface area contributed by atoms with E-state index in [4.69, 9.17) is 4.74 Å². The van der Waals surface area contributed by atoms with Crippen molar-refractivity contribution in [2.45, 2.75) is 12.5 Å². The van der Waals surface area contributed by atoms with Crippen LogP contribution < -0.4 is 4.74 Å². The van der Waals surface area contributed by atoms with E-state index in [-0.39, 0.29) is 29.1 Å². The third kappa shape index (κ3) is 4.20. The number of ketones is 1. The summed E-state index contributed by atoms with van der Waals surface area (Å²) in [6, 6.07) is 18.8. The zero-order valence-electron chi connectivity index (χ0n) is 19.9. The van der Waals surface area contributed by atoms with Crippen LogP contribution in [0.2, 0.25) is 0 Å². The molecule has 9 heteroatoms. The molecular formula is C28H23N3O6. The van der Waals surface area contributed by atoms with Crippen molar-refractivity contribution >= 4 is 34.0 Å². The van der Waals surface area contributed by atoms with E-state index in [9.17, 15) is 24.8 Å². The zero-order chi connectivity index (χ0) is 26.1. The van der Waals surface area contributed by atoms with Crippen molar-refractivity contribution in [3.05, 3.63) is 111 Å². The summed E-state index contributed by atoms with van der Waals surface area (Å²) in [5.41, 5.74) is 1.86. The van der Waals surface area contributed by atoms with Gasteiger partial charge in [-0.1, -0.05) is 42.5 Å². The molecule has 0 spiro atoms. The number of aromatic amines is 1. The number of ether oxygens (including phenoxy) is 1. The molecule has 1 aliphatic heterocycles. The molecule has 1 aromatic heterocycles. The first kappa shape index (κ1) is 23.8. The maximum Gasteiger partial charge on any atom is 0.295 e. The number of aliphatic hydroxyl groups is 1. The highest BCUT2D eigenvalue weighted by Gasteiger charge is 2.47. The van der Waals surface area contributed by atoms with Crippen LogP contribution in [0.1, 0.15) is 22.7 Å². The van der Waals surface area contributed by atoms with Crippen LogP contribution in [0.3, 0.4) is 0 Å². The van der Waals surface area contributed by atoms with Gasteiger partial charge in [-0.05, 0) is 36.2 Å². The van der Waals surface area contributed by atoms with Crippen molar-refractivity contribution in [3.8, 4) is 5.75 Å². The van der Waals surface area contributed by atoms with Gasteiger partial charge in [-0.2, -0.15) is 0 Å². The molecule has 1 fully saturated rings. The Morgan fingerprint density at radius 2 is 1.81 bits per heavy atom. The molecule has 0 radical (unpaired) electrons. The fourth-order valence-corrected chi connectivity index (χ4v) is 4.80. The summed E-state index contributed by atoms with van der Waals surface area (Å²) in [6.07, 6.45) is 2.19. The minimum atomic E-state index is -1.12. The summed E-state index contributed by atoms with van der Waals surface area (Å²) in [4.78, 5) is 42.3. The minimum absolute atomic E-state index is 0.0943. The van der Waals surface area contributed by atoms with Crippen LogP contribution in [0.15, 0.2) is 84.6 Å². The van der Waals surface area contributed by atoms with Crippen molar-refractivity contribution < 1.29 is 24.4 Å². The molecule has 1 saturated heterocycles. The lowest BCUT2D eigenvalue weighted by atomic mass is 9.94. The Morgan fingerprint density at radius 3 is 2.54 bits per heavy atom.